The molecule has 21 heavy (non-hydrogen) atoms. The van der Waals surface area contributed by atoms with Crippen LogP contribution in [0, 0.1) is 17.2 Å². The van der Waals surface area contributed by atoms with Gasteiger partial charge in [0.2, 0.25) is 0 Å². The number of nitriles is 1. The van der Waals surface area contributed by atoms with Crippen molar-refractivity contribution in [3.8, 4) is 11.8 Å². The van der Waals surface area contributed by atoms with E-state index in [9.17, 15) is 5.26 Å². The molecule has 1 fully saturated rings. The summed E-state index contributed by atoms with van der Waals surface area (Å²) in [5, 5.41) is 12.8. The molecule has 0 heterocycles. The predicted molar refractivity (Wildman–Crippen MR) is 83.2 cm³/mol. The maximum Gasteiger partial charge on any atom is 0.118 e. The molecule has 0 aromatic heterocycles. The van der Waals surface area contributed by atoms with Gasteiger partial charge in [0.05, 0.1) is 24.4 Å². The number of benzene rings is 2. The minimum absolute atomic E-state index is 0.255. The molecule has 2 aromatic rings. The quantitative estimate of drug-likeness (QED) is 0.894. The second-order valence-electron chi connectivity index (χ2n) is 5.39. The van der Waals surface area contributed by atoms with Crippen LogP contribution in [0.4, 0.5) is 5.69 Å². The van der Waals surface area contributed by atoms with Crippen LogP contribution in [0.3, 0.4) is 0 Å². The summed E-state index contributed by atoms with van der Waals surface area (Å²) in [6.07, 6.45) is 2.47. The molecule has 0 spiro atoms. The monoisotopic (exact) mass is 278 g/mol. The van der Waals surface area contributed by atoms with E-state index in [0.29, 0.717) is 11.5 Å². The summed E-state index contributed by atoms with van der Waals surface area (Å²) in [6.45, 7) is 0. The lowest BCUT2D eigenvalue weighted by Gasteiger charge is -2.21. The van der Waals surface area contributed by atoms with Crippen LogP contribution in [0.25, 0.3) is 0 Å². The van der Waals surface area contributed by atoms with Crippen molar-refractivity contribution < 1.29 is 4.74 Å². The highest BCUT2D eigenvalue weighted by Gasteiger charge is 2.32. The molecule has 1 aliphatic rings. The summed E-state index contributed by atoms with van der Waals surface area (Å²) >= 11 is 0. The molecule has 0 aliphatic heterocycles. The van der Waals surface area contributed by atoms with Crippen LogP contribution in [-0.2, 0) is 0 Å². The van der Waals surface area contributed by atoms with Gasteiger partial charge in [-0.2, -0.15) is 5.26 Å². The first-order valence-corrected chi connectivity index (χ1v) is 7.21. The molecule has 3 nitrogen and oxygen atoms in total. The fourth-order valence-corrected chi connectivity index (χ4v) is 2.59. The highest BCUT2D eigenvalue weighted by molar-refractivity contribution is 5.58. The van der Waals surface area contributed by atoms with Gasteiger partial charge in [-0.15, -0.1) is 0 Å². The normalized spacial score (nSPS) is 15.0. The van der Waals surface area contributed by atoms with Crippen molar-refractivity contribution in [3.63, 3.8) is 0 Å². The topological polar surface area (TPSA) is 45.0 Å². The number of methoxy groups -OCH3 is 1. The Kier molecular flexibility index (Phi) is 3.79. The first-order chi connectivity index (χ1) is 10.3. The van der Waals surface area contributed by atoms with E-state index < -0.39 is 0 Å². The van der Waals surface area contributed by atoms with E-state index in [1.54, 1.807) is 7.11 Å². The van der Waals surface area contributed by atoms with E-state index in [2.05, 4.69) is 23.5 Å². The number of anilines is 1. The Hall–Kier alpha value is -2.47. The Bertz CT molecular complexity index is 654. The van der Waals surface area contributed by atoms with Crippen molar-refractivity contribution >= 4 is 5.69 Å². The number of para-hydroxylation sites is 1. The zero-order valence-electron chi connectivity index (χ0n) is 12.0. The molecule has 0 radical (unpaired) electrons. The van der Waals surface area contributed by atoms with Crippen LogP contribution in [0.2, 0.25) is 0 Å². The summed E-state index contributed by atoms with van der Waals surface area (Å²) in [7, 11) is 1.68. The van der Waals surface area contributed by atoms with Crippen LogP contribution < -0.4 is 10.1 Å². The summed E-state index contributed by atoms with van der Waals surface area (Å²) < 4.78 is 5.22. The molecule has 1 unspecified atom stereocenters. The number of nitrogens with zero attached hydrogens (tertiary/aromatic N) is 1. The third-order valence-corrected chi connectivity index (χ3v) is 3.93. The standard InChI is InChI=1S/C18H18N2O/c1-21-16-10-8-14(9-11-16)18(13-6-7-13)20-17-5-3-2-4-15(17)12-19/h2-5,8-11,13,18,20H,6-7H2,1H3. The van der Waals surface area contributed by atoms with E-state index >= 15 is 0 Å². The number of nitrogens with one attached hydrogen (secondary N) is 1. The Balaban J connectivity index is 1.86. The number of rotatable bonds is 5. The van der Waals surface area contributed by atoms with Crippen molar-refractivity contribution in [1.82, 2.24) is 0 Å². The second-order valence-corrected chi connectivity index (χ2v) is 5.39. The summed E-state index contributed by atoms with van der Waals surface area (Å²) in [4.78, 5) is 0. The van der Waals surface area contributed by atoms with Crippen molar-refractivity contribution in [1.29, 1.82) is 5.26 Å². The smallest absolute Gasteiger partial charge is 0.118 e. The lowest BCUT2D eigenvalue weighted by Crippen LogP contribution is -2.13. The first-order valence-electron chi connectivity index (χ1n) is 7.21. The lowest BCUT2D eigenvalue weighted by molar-refractivity contribution is 0.414. The number of ether oxygens (including phenoxy) is 1. The van der Waals surface area contributed by atoms with Gasteiger partial charge in [0.15, 0.2) is 0 Å². The van der Waals surface area contributed by atoms with Gasteiger partial charge in [-0.1, -0.05) is 24.3 Å². The molecular formula is C18H18N2O. The Morgan fingerprint density at radius 3 is 2.48 bits per heavy atom. The highest BCUT2D eigenvalue weighted by atomic mass is 16.5. The summed E-state index contributed by atoms with van der Waals surface area (Å²) in [6, 6.07) is 18.4. The zero-order chi connectivity index (χ0) is 14.7. The van der Waals surface area contributed by atoms with Gasteiger partial charge in [-0.3, -0.25) is 0 Å². The molecule has 0 amide bonds. The van der Waals surface area contributed by atoms with Crippen molar-refractivity contribution in [2.75, 3.05) is 12.4 Å². The first kappa shape index (κ1) is 13.5. The Morgan fingerprint density at radius 2 is 1.86 bits per heavy atom. The van der Waals surface area contributed by atoms with Gasteiger partial charge in [0.1, 0.15) is 11.8 Å². The van der Waals surface area contributed by atoms with E-state index in [-0.39, 0.29) is 6.04 Å². The van der Waals surface area contributed by atoms with E-state index in [4.69, 9.17) is 4.74 Å². The minimum atomic E-state index is 0.255. The highest BCUT2D eigenvalue weighted by Crippen LogP contribution is 2.43. The van der Waals surface area contributed by atoms with Gasteiger partial charge in [0, 0.05) is 0 Å². The van der Waals surface area contributed by atoms with E-state index in [1.165, 1.54) is 18.4 Å². The third-order valence-electron chi connectivity index (χ3n) is 3.93. The maximum atomic E-state index is 9.22. The molecular weight excluding hydrogens is 260 g/mol. The molecule has 106 valence electrons. The average molecular weight is 278 g/mol. The Morgan fingerprint density at radius 1 is 1.14 bits per heavy atom. The molecule has 3 heteroatoms. The lowest BCUT2D eigenvalue weighted by atomic mass is 10.0. The second kappa shape index (κ2) is 5.88. The summed E-state index contributed by atoms with van der Waals surface area (Å²) in [5.41, 5.74) is 2.84. The van der Waals surface area contributed by atoms with Crippen molar-refractivity contribution in [3.05, 3.63) is 59.7 Å². The van der Waals surface area contributed by atoms with E-state index in [1.807, 2.05) is 36.4 Å². The molecule has 1 aliphatic carbocycles. The van der Waals surface area contributed by atoms with Crippen molar-refractivity contribution in [2.24, 2.45) is 5.92 Å². The van der Waals surface area contributed by atoms with Crippen LogP contribution in [0.15, 0.2) is 48.5 Å². The molecule has 1 N–H and O–H groups in total. The molecule has 0 saturated heterocycles. The van der Waals surface area contributed by atoms with E-state index in [0.717, 1.165) is 11.4 Å². The van der Waals surface area contributed by atoms with Gasteiger partial charge in [0.25, 0.3) is 0 Å². The number of hydrogen-bond donors (Lipinski definition) is 1. The fraction of sp³-hybridized carbons (Fsp3) is 0.278. The molecule has 1 saturated carbocycles. The van der Waals surface area contributed by atoms with Crippen molar-refractivity contribution in [2.45, 2.75) is 18.9 Å². The van der Waals surface area contributed by atoms with Gasteiger partial charge < -0.3 is 10.1 Å². The van der Waals surface area contributed by atoms with Gasteiger partial charge in [-0.25, -0.2) is 0 Å². The predicted octanol–water partition coefficient (Wildman–Crippen LogP) is 4.13. The Labute approximate surface area is 125 Å². The molecule has 3 rings (SSSR count). The fourth-order valence-electron chi connectivity index (χ4n) is 2.59. The van der Waals surface area contributed by atoms with Crippen LogP contribution in [-0.4, -0.2) is 7.11 Å². The zero-order valence-corrected chi connectivity index (χ0v) is 12.0. The van der Waals surface area contributed by atoms with Crippen LogP contribution >= 0.6 is 0 Å². The number of hydrogen-bond acceptors (Lipinski definition) is 3. The third kappa shape index (κ3) is 3.00. The minimum Gasteiger partial charge on any atom is -0.497 e. The SMILES string of the molecule is COc1ccc(C(Nc2ccccc2C#N)C2CC2)cc1. The summed E-state index contributed by atoms with van der Waals surface area (Å²) in [5.74, 6) is 1.51. The van der Waals surface area contributed by atoms with Gasteiger partial charge in [-0.05, 0) is 48.6 Å². The largest absolute Gasteiger partial charge is 0.497 e. The average Bonchev–Trinajstić information content (AvgIpc) is 3.38. The van der Waals surface area contributed by atoms with Crippen LogP contribution in [0.1, 0.15) is 30.0 Å². The van der Waals surface area contributed by atoms with Gasteiger partial charge >= 0.3 is 0 Å². The van der Waals surface area contributed by atoms with Crippen LogP contribution in [0.5, 0.6) is 5.75 Å². The molecule has 0 bridgehead atoms. The molecule has 1 atom stereocenters. The maximum absolute atomic E-state index is 9.22. The molecule has 2 aromatic carbocycles.